The molecule has 1 heterocycles. The van der Waals surface area contributed by atoms with E-state index in [-0.39, 0.29) is 10.9 Å². The first-order valence-electron chi connectivity index (χ1n) is 10.5. The lowest BCUT2D eigenvalue weighted by molar-refractivity contribution is -0.128. The monoisotopic (exact) mass is 475 g/mol. The minimum Gasteiger partial charge on any atom is -0.493 e. The Balaban J connectivity index is 1.74. The van der Waals surface area contributed by atoms with Crippen molar-refractivity contribution in [3.63, 3.8) is 0 Å². The number of hydrogen-bond acceptors (Lipinski definition) is 7. The Morgan fingerprint density at radius 1 is 1.12 bits per heavy atom. The number of benzene rings is 2. The van der Waals surface area contributed by atoms with Gasteiger partial charge in [-0.25, -0.2) is 20.2 Å². The maximum atomic E-state index is 13.5. The van der Waals surface area contributed by atoms with Gasteiger partial charge >= 0.3 is 0 Å². The Kier molecular flexibility index (Phi) is 8.24. The van der Waals surface area contributed by atoms with E-state index in [9.17, 15) is 9.18 Å². The predicted octanol–water partition coefficient (Wildman–Crippen LogP) is 4.47. The molecule has 0 fully saturated rings. The Morgan fingerprint density at radius 2 is 1.91 bits per heavy atom. The second-order valence-corrected chi connectivity index (χ2v) is 8.04. The minimum atomic E-state index is -0.533. The average Bonchev–Trinajstić information content (AvgIpc) is 2.81. The first kappa shape index (κ1) is 24.5. The molecule has 10 heteroatoms. The number of rotatable bonds is 10. The first-order valence-corrected chi connectivity index (χ1v) is 10.8. The van der Waals surface area contributed by atoms with Crippen molar-refractivity contribution in [3.8, 4) is 11.5 Å². The highest BCUT2D eigenvalue weighted by molar-refractivity contribution is 6.31. The van der Waals surface area contributed by atoms with Crippen molar-refractivity contribution in [1.29, 1.82) is 0 Å². The summed E-state index contributed by atoms with van der Waals surface area (Å²) >= 11 is 5.90. The van der Waals surface area contributed by atoms with Gasteiger partial charge in [-0.2, -0.15) is 0 Å². The summed E-state index contributed by atoms with van der Waals surface area (Å²) in [5.41, 5.74) is 1.07. The lowest BCUT2D eigenvalue weighted by Crippen LogP contribution is -2.26. The zero-order valence-electron chi connectivity index (χ0n) is 18.8. The third-order valence-electron chi connectivity index (χ3n) is 5.10. The van der Waals surface area contributed by atoms with Crippen molar-refractivity contribution in [2.24, 2.45) is 5.84 Å². The van der Waals surface area contributed by atoms with Crippen LogP contribution < -0.4 is 20.3 Å². The molecule has 0 aliphatic carbocycles. The van der Waals surface area contributed by atoms with Gasteiger partial charge in [-0.3, -0.25) is 9.80 Å². The molecule has 0 radical (unpaired) electrons. The SMILES string of the molecule is COc1cc2c(N(N)c3ccc(F)c(Cl)c3)ncnc2cc1OCCCCCC(=O)N(C)C. The molecule has 3 rings (SSSR count). The zero-order chi connectivity index (χ0) is 24.0. The van der Waals surface area contributed by atoms with Crippen LogP contribution in [0.1, 0.15) is 25.7 Å². The molecular formula is C23H27ClFN5O3. The molecule has 2 N–H and O–H groups in total. The lowest BCUT2D eigenvalue weighted by Gasteiger charge is -2.20. The second kappa shape index (κ2) is 11.1. The van der Waals surface area contributed by atoms with Crippen LogP contribution in [0.25, 0.3) is 10.9 Å². The second-order valence-electron chi connectivity index (χ2n) is 7.63. The van der Waals surface area contributed by atoms with Crippen LogP contribution in [0, 0.1) is 5.82 Å². The quantitative estimate of drug-likeness (QED) is 0.262. The van der Waals surface area contributed by atoms with Gasteiger partial charge in [0.05, 0.1) is 29.9 Å². The summed E-state index contributed by atoms with van der Waals surface area (Å²) in [6, 6.07) is 7.69. The van der Waals surface area contributed by atoms with Crippen molar-refractivity contribution in [3.05, 3.63) is 47.5 Å². The number of unbranched alkanes of at least 4 members (excludes halogenated alkanes) is 2. The summed E-state index contributed by atoms with van der Waals surface area (Å²) < 4.78 is 25.0. The van der Waals surface area contributed by atoms with Crippen LogP contribution in [-0.4, -0.2) is 48.6 Å². The van der Waals surface area contributed by atoms with Gasteiger partial charge in [-0.15, -0.1) is 0 Å². The molecular weight excluding hydrogens is 449 g/mol. The molecule has 0 bridgehead atoms. The summed E-state index contributed by atoms with van der Waals surface area (Å²) in [6.07, 6.45) is 4.41. The smallest absolute Gasteiger partial charge is 0.222 e. The molecule has 0 spiro atoms. The van der Waals surface area contributed by atoms with Crippen LogP contribution in [0.4, 0.5) is 15.9 Å². The van der Waals surface area contributed by atoms with E-state index < -0.39 is 5.82 Å². The summed E-state index contributed by atoms with van der Waals surface area (Å²) in [7, 11) is 5.06. The van der Waals surface area contributed by atoms with E-state index >= 15 is 0 Å². The van der Waals surface area contributed by atoms with E-state index in [4.69, 9.17) is 26.9 Å². The summed E-state index contributed by atoms with van der Waals surface area (Å²) in [5, 5.41) is 1.90. The summed E-state index contributed by atoms with van der Waals surface area (Å²) in [6.45, 7) is 0.479. The van der Waals surface area contributed by atoms with E-state index in [0.29, 0.717) is 46.9 Å². The van der Waals surface area contributed by atoms with Gasteiger partial charge < -0.3 is 14.4 Å². The van der Waals surface area contributed by atoms with Gasteiger partial charge in [-0.1, -0.05) is 11.6 Å². The normalized spacial score (nSPS) is 10.8. The van der Waals surface area contributed by atoms with Crippen LogP contribution in [0.5, 0.6) is 11.5 Å². The number of ether oxygens (including phenoxy) is 2. The lowest BCUT2D eigenvalue weighted by atomic mass is 10.2. The van der Waals surface area contributed by atoms with E-state index in [0.717, 1.165) is 19.3 Å². The first-order chi connectivity index (χ1) is 15.8. The number of carbonyl (C=O) groups is 1. The highest BCUT2D eigenvalue weighted by Gasteiger charge is 2.16. The van der Waals surface area contributed by atoms with Crippen molar-refractivity contribution in [1.82, 2.24) is 14.9 Å². The van der Waals surface area contributed by atoms with E-state index in [1.807, 2.05) is 0 Å². The molecule has 1 amide bonds. The van der Waals surface area contributed by atoms with E-state index in [1.54, 1.807) is 38.2 Å². The highest BCUT2D eigenvalue weighted by Crippen LogP contribution is 2.36. The van der Waals surface area contributed by atoms with Gasteiger partial charge in [0.1, 0.15) is 12.1 Å². The molecule has 2 aromatic carbocycles. The third kappa shape index (κ3) is 6.00. The molecule has 1 aromatic heterocycles. The number of anilines is 2. The van der Waals surface area contributed by atoms with Crippen LogP contribution in [0.3, 0.4) is 0 Å². The van der Waals surface area contributed by atoms with Crippen molar-refractivity contribution >= 4 is 39.9 Å². The zero-order valence-corrected chi connectivity index (χ0v) is 19.6. The van der Waals surface area contributed by atoms with Crippen molar-refractivity contribution in [2.45, 2.75) is 25.7 Å². The topological polar surface area (TPSA) is 93.8 Å². The van der Waals surface area contributed by atoms with Crippen LogP contribution in [0.15, 0.2) is 36.7 Å². The fraction of sp³-hybridized carbons (Fsp3) is 0.348. The molecule has 0 saturated heterocycles. The average molecular weight is 476 g/mol. The number of nitrogens with zero attached hydrogens (tertiary/aromatic N) is 4. The number of halogens is 2. The number of carbonyl (C=O) groups excluding carboxylic acids is 1. The Bertz CT molecular complexity index is 1130. The standard InChI is InChI=1S/C23H27ClFN5O3/c1-29(2)22(31)7-5-4-6-10-33-21-13-19-16(12-20(21)32-3)23(28-14-27-19)30(26)15-8-9-18(25)17(24)11-15/h8-9,11-14H,4-7,10,26H2,1-3H3. The molecule has 0 aliphatic heterocycles. The van der Waals surface area contributed by atoms with Gasteiger partial charge in [-0.05, 0) is 43.5 Å². The largest absolute Gasteiger partial charge is 0.493 e. The molecule has 0 unspecified atom stereocenters. The molecule has 0 saturated carbocycles. The van der Waals surface area contributed by atoms with E-state index in [2.05, 4.69) is 9.97 Å². The van der Waals surface area contributed by atoms with Crippen molar-refractivity contribution < 1.29 is 18.7 Å². The molecule has 0 atom stereocenters. The number of aromatic nitrogens is 2. The summed E-state index contributed by atoms with van der Waals surface area (Å²) in [5.74, 6) is 7.31. The van der Waals surface area contributed by atoms with Gasteiger partial charge in [0.2, 0.25) is 5.91 Å². The Morgan fingerprint density at radius 3 is 2.61 bits per heavy atom. The number of methoxy groups -OCH3 is 1. The Labute approximate surface area is 197 Å². The van der Waals surface area contributed by atoms with Gasteiger partial charge in [0.15, 0.2) is 17.3 Å². The fourth-order valence-corrected chi connectivity index (χ4v) is 3.41. The molecule has 176 valence electrons. The predicted molar refractivity (Wildman–Crippen MR) is 126 cm³/mol. The number of hydrogen-bond donors (Lipinski definition) is 1. The molecule has 0 aliphatic rings. The fourth-order valence-electron chi connectivity index (χ4n) is 3.23. The van der Waals surface area contributed by atoms with E-state index in [1.165, 1.54) is 29.5 Å². The number of hydrazine groups is 1. The Hall–Kier alpha value is -3.17. The highest BCUT2D eigenvalue weighted by atomic mass is 35.5. The molecule has 33 heavy (non-hydrogen) atoms. The minimum absolute atomic E-state index is 0.0411. The molecule has 3 aromatic rings. The molecule has 8 nitrogen and oxygen atoms in total. The maximum Gasteiger partial charge on any atom is 0.222 e. The summed E-state index contributed by atoms with van der Waals surface area (Å²) in [4.78, 5) is 21.8. The van der Waals surface area contributed by atoms with Crippen LogP contribution >= 0.6 is 11.6 Å². The van der Waals surface area contributed by atoms with Crippen LogP contribution in [-0.2, 0) is 4.79 Å². The van der Waals surface area contributed by atoms with Gasteiger partial charge in [0.25, 0.3) is 0 Å². The number of amides is 1. The van der Waals surface area contributed by atoms with Gasteiger partial charge in [0, 0.05) is 32.0 Å². The third-order valence-corrected chi connectivity index (χ3v) is 5.39. The number of fused-ring (bicyclic) bond motifs is 1. The van der Waals surface area contributed by atoms with Crippen LogP contribution in [0.2, 0.25) is 5.02 Å². The van der Waals surface area contributed by atoms with Crippen molar-refractivity contribution in [2.75, 3.05) is 32.8 Å². The maximum absolute atomic E-state index is 13.5. The number of nitrogens with two attached hydrogens (primary N) is 1.